The number of benzene rings is 10. The van der Waals surface area contributed by atoms with Crippen molar-refractivity contribution >= 4 is 65.4 Å². The molecule has 0 saturated carbocycles. The van der Waals surface area contributed by atoms with Gasteiger partial charge in [0.05, 0.1) is 136 Å². The highest BCUT2D eigenvalue weighted by Gasteiger charge is 2.20. The van der Waals surface area contributed by atoms with Gasteiger partial charge in [-0.3, -0.25) is 39.9 Å². The lowest BCUT2D eigenvalue weighted by Gasteiger charge is -2.11. The lowest BCUT2D eigenvalue weighted by molar-refractivity contribution is 1.22. The number of fused-ring (bicyclic) bond motifs is 6. The Labute approximate surface area is 863 Å². The van der Waals surface area contributed by atoms with E-state index in [9.17, 15) is 0 Å². The van der Waals surface area contributed by atoms with Gasteiger partial charge < -0.3 is 0 Å². The minimum absolute atomic E-state index is 0.797. The van der Waals surface area contributed by atoms with Crippen molar-refractivity contribution in [2.45, 2.75) is 0 Å². The van der Waals surface area contributed by atoms with Crippen LogP contribution in [0.25, 0.3) is 268 Å². The van der Waals surface area contributed by atoms with Crippen LogP contribution < -0.4 is 0 Å². The molecular formula is C133H85N17. The molecular weight excluding hydrogens is 1840 g/mol. The van der Waals surface area contributed by atoms with E-state index in [1.807, 2.05) is 176 Å². The van der Waals surface area contributed by atoms with Crippen molar-refractivity contribution in [3.63, 3.8) is 0 Å². The summed E-state index contributed by atoms with van der Waals surface area (Å²) in [5, 5.41) is 6.57. The summed E-state index contributed by atoms with van der Waals surface area (Å²) >= 11 is 0. The first-order valence-corrected chi connectivity index (χ1v) is 49.4. The van der Waals surface area contributed by atoms with Crippen molar-refractivity contribution in [1.29, 1.82) is 0 Å². The molecule has 10 aromatic carbocycles. The Morgan fingerprint density at radius 2 is 0.327 bits per heavy atom. The summed E-state index contributed by atoms with van der Waals surface area (Å²) in [5.74, 6) is 0. The number of nitrogens with zero attached hydrogens (tertiary/aromatic N) is 17. The first kappa shape index (κ1) is 90.6. The Balaban J connectivity index is 0.000000116. The van der Waals surface area contributed by atoms with Crippen LogP contribution in [0.15, 0.2) is 517 Å². The highest BCUT2D eigenvalue weighted by molar-refractivity contribution is 5.96. The van der Waals surface area contributed by atoms with Gasteiger partial charge in [0.25, 0.3) is 0 Å². The number of hydrogen-bond acceptors (Lipinski definition) is 17. The first-order valence-electron chi connectivity index (χ1n) is 49.4. The molecule has 0 radical (unpaired) electrons. The highest BCUT2D eigenvalue weighted by atomic mass is 14.8. The van der Waals surface area contributed by atoms with Crippen LogP contribution in [-0.4, -0.2) is 84.7 Å². The third-order valence-electron chi connectivity index (χ3n) is 26.7. The van der Waals surface area contributed by atoms with E-state index < -0.39 is 0 Å². The highest BCUT2D eigenvalue weighted by Crippen LogP contribution is 2.41. The molecule has 0 bridgehead atoms. The van der Waals surface area contributed by atoms with Gasteiger partial charge in [-0.2, -0.15) is 0 Å². The van der Waals surface area contributed by atoms with Gasteiger partial charge in [-0.15, -0.1) is 0 Å². The molecule has 702 valence electrons. The fraction of sp³-hybridized carbons (Fsp3) is 0. The maximum absolute atomic E-state index is 5.09. The minimum atomic E-state index is 0.797. The molecule has 0 saturated heterocycles. The number of pyridine rings is 17. The van der Waals surface area contributed by atoms with Crippen molar-refractivity contribution in [3.8, 4) is 203 Å². The Morgan fingerprint density at radius 1 is 0.100 bits per heavy atom. The van der Waals surface area contributed by atoms with E-state index in [0.717, 1.165) is 268 Å². The van der Waals surface area contributed by atoms with Gasteiger partial charge in [-0.25, -0.2) is 44.9 Å². The zero-order chi connectivity index (χ0) is 99.8. The fourth-order valence-corrected chi connectivity index (χ4v) is 18.9. The van der Waals surface area contributed by atoms with E-state index in [2.05, 4.69) is 331 Å². The summed E-state index contributed by atoms with van der Waals surface area (Å²) in [4.78, 5) is 80.3. The van der Waals surface area contributed by atoms with Crippen molar-refractivity contribution in [1.82, 2.24) is 84.7 Å². The lowest BCUT2D eigenvalue weighted by atomic mass is 9.98. The van der Waals surface area contributed by atoms with Crippen molar-refractivity contribution in [2.75, 3.05) is 0 Å². The van der Waals surface area contributed by atoms with E-state index in [1.165, 1.54) is 0 Å². The van der Waals surface area contributed by atoms with Gasteiger partial charge in [0.2, 0.25) is 0 Å². The monoisotopic (exact) mass is 1920 g/mol. The zero-order valence-corrected chi connectivity index (χ0v) is 80.7. The lowest BCUT2D eigenvalue weighted by Crippen LogP contribution is -1.94. The van der Waals surface area contributed by atoms with Crippen LogP contribution in [0.2, 0.25) is 0 Å². The standard InChI is InChI=1S/C45H29N5.2C44H28N6/c1-2-6-31(7-3-1)40-20-16-35-24-33(14-18-42(35)48-40)34-15-19-43-36(25-34)17-21-41(49-43)32-12-10-30(11-13-32)39-26-44(37-8-4-22-46-28-37)50-45(27-39)38-9-5-23-47-29-38;1-4-21-45-39(10-1)42-20-16-34-26-31(14-18-38(34)49-42)30-13-17-37-33(25-30)15-19-36(48-37)32-9-7-8-29(24-32)35-27-43(40-11-2-5-22-46-40)50-44(28-35)41-12-3-6-23-47-41;1-4-22-45-39(7-1)42-21-17-34-26-32(15-19-38(34)49-42)31-14-18-37-33(25-31)16-20-36(48-37)30-12-10-29(11-13-30)35-27-43(40-8-2-5-23-46-40)50-44(28-35)41-9-3-6-24-47-41/h1-29H;2*1-28H. The van der Waals surface area contributed by atoms with Gasteiger partial charge in [0.1, 0.15) is 0 Å². The average molecular weight is 1920 g/mol. The Morgan fingerprint density at radius 3 is 0.627 bits per heavy atom. The number of hydrogen-bond donors (Lipinski definition) is 0. The second kappa shape index (κ2) is 41.0. The summed E-state index contributed by atoms with van der Waals surface area (Å²) in [7, 11) is 0. The van der Waals surface area contributed by atoms with E-state index in [1.54, 1.807) is 49.6 Å². The van der Waals surface area contributed by atoms with Gasteiger partial charge >= 0.3 is 0 Å². The zero-order valence-electron chi connectivity index (χ0n) is 80.7. The van der Waals surface area contributed by atoms with E-state index in [-0.39, 0.29) is 0 Å². The molecule has 0 aliphatic heterocycles. The molecule has 0 spiro atoms. The van der Waals surface area contributed by atoms with Gasteiger partial charge in [-0.05, 0) is 315 Å². The second-order valence-electron chi connectivity index (χ2n) is 36.4. The SMILES string of the molecule is c1ccc(-c2cc(-c3ccc(-c4ccc5cc(-c6ccc7nc(-c8ccccn8)ccc7c6)ccc5n4)cc3)cc(-c3ccccn3)n2)nc1.c1ccc(-c2cc(-c3cccc(-c4ccc5cc(-c6ccc7nc(-c8ccccn8)ccc7c6)ccc5n4)c3)cc(-c3ccccn3)n2)nc1.c1ccc(-c2ccc3cc(-c4ccc5nc(-c6ccc(-c7cc(-c8cccnc8)nc(-c8cccnc8)c7)cc6)ccc5c4)ccc3n2)cc1. The van der Waals surface area contributed by atoms with Gasteiger partial charge in [0.15, 0.2) is 0 Å². The van der Waals surface area contributed by atoms with Crippen LogP contribution >= 0.6 is 0 Å². The molecule has 0 aliphatic rings. The normalized spacial score (nSPS) is 11.2. The molecule has 150 heavy (non-hydrogen) atoms. The van der Waals surface area contributed by atoms with Crippen LogP contribution in [0.3, 0.4) is 0 Å². The van der Waals surface area contributed by atoms with Crippen molar-refractivity contribution in [3.05, 3.63) is 517 Å². The molecule has 0 N–H and O–H groups in total. The summed E-state index contributed by atoms with van der Waals surface area (Å²) in [6.07, 6.45) is 18.0. The van der Waals surface area contributed by atoms with E-state index >= 15 is 0 Å². The average Bonchev–Trinajstić information content (AvgIpc) is 0.785. The van der Waals surface area contributed by atoms with Gasteiger partial charge in [-0.1, -0.05) is 206 Å². The molecule has 17 heteroatoms. The predicted molar refractivity (Wildman–Crippen MR) is 605 cm³/mol. The Kier molecular flexibility index (Phi) is 24.7. The molecule has 27 rings (SSSR count). The number of aromatic nitrogens is 17. The topological polar surface area (TPSA) is 219 Å². The predicted octanol–water partition coefficient (Wildman–Crippen LogP) is 31.7. The fourth-order valence-electron chi connectivity index (χ4n) is 18.9. The maximum atomic E-state index is 5.09. The van der Waals surface area contributed by atoms with Crippen LogP contribution in [0.4, 0.5) is 0 Å². The van der Waals surface area contributed by atoms with E-state index in [4.69, 9.17) is 44.9 Å². The molecule has 17 aromatic heterocycles. The largest absolute Gasteiger partial charge is 0.264 e. The summed E-state index contributed by atoms with van der Waals surface area (Å²) in [6.45, 7) is 0. The molecule has 0 atom stereocenters. The second-order valence-corrected chi connectivity index (χ2v) is 36.4. The summed E-state index contributed by atoms with van der Waals surface area (Å²) in [6, 6.07) is 156. The van der Waals surface area contributed by atoms with Crippen LogP contribution in [0, 0.1) is 0 Å². The third kappa shape index (κ3) is 19.7. The summed E-state index contributed by atoms with van der Waals surface area (Å²) in [5.41, 5.74) is 40.6. The third-order valence-corrected chi connectivity index (χ3v) is 26.7. The van der Waals surface area contributed by atoms with Crippen LogP contribution in [0.1, 0.15) is 0 Å². The van der Waals surface area contributed by atoms with Crippen molar-refractivity contribution in [2.24, 2.45) is 0 Å². The molecule has 17 nitrogen and oxygen atoms in total. The van der Waals surface area contributed by atoms with Crippen LogP contribution in [-0.2, 0) is 0 Å². The van der Waals surface area contributed by atoms with Gasteiger partial charge in [0, 0.05) is 128 Å². The smallest absolute Gasteiger partial charge is 0.0900 e. The molecule has 17 heterocycles. The molecule has 0 fully saturated rings. The molecule has 0 unspecified atom stereocenters. The quantitative estimate of drug-likeness (QED) is 0.0779. The maximum Gasteiger partial charge on any atom is 0.0900 e. The van der Waals surface area contributed by atoms with E-state index in [0.29, 0.717) is 0 Å². The molecule has 27 aromatic rings. The molecule has 0 amide bonds. The first-order chi connectivity index (χ1) is 74.2. The number of rotatable bonds is 18. The minimum Gasteiger partial charge on any atom is -0.264 e. The Bertz CT molecular complexity index is 9110. The van der Waals surface area contributed by atoms with Crippen LogP contribution in [0.5, 0.6) is 0 Å². The Hall–Kier alpha value is -20.7. The molecule has 0 aliphatic carbocycles. The summed E-state index contributed by atoms with van der Waals surface area (Å²) < 4.78 is 0. The van der Waals surface area contributed by atoms with Crippen molar-refractivity contribution < 1.29 is 0 Å².